The Morgan fingerprint density at radius 1 is 1.00 bits per heavy atom. The summed E-state index contributed by atoms with van der Waals surface area (Å²) < 4.78 is 13.3. The number of hydrogen-bond acceptors (Lipinski definition) is 5. The number of anilines is 1. The van der Waals surface area contributed by atoms with E-state index in [0.29, 0.717) is 10.6 Å². The van der Waals surface area contributed by atoms with Gasteiger partial charge in [0.1, 0.15) is 11.6 Å². The zero-order valence-corrected chi connectivity index (χ0v) is 15.5. The van der Waals surface area contributed by atoms with Crippen LogP contribution in [-0.2, 0) is 9.59 Å². The first-order valence-corrected chi connectivity index (χ1v) is 8.94. The Balaban J connectivity index is 1.94. The smallest absolute Gasteiger partial charge is 0.302 e. The van der Waals surface area contributed by atoms with Crippen molar-refractivity contribution in [3.8, 4) is 0 Å². The van der Waals surface area contributed by atoms with Gasteiger partial charge in [-0.05, 0) is 48.0 Å². The fraction of sp³-hybridized carbons (Fsp3) is 0.0476. The molecule has 0 aliphatic carbocycles. The van der Waals surface area contributed by atoms with Gasteiger partial charge >= 0.3 is 5.91 Å². The number of rotatable bonds is 3. The van der Waals surface area contributed by atoms with Crippen LogP contribution in [0.4, 0.5) is 10.3 Å². The Labute approximate surface area is 169 Å². The molecule has 0 saturated carbocycles. The molecule has 1 aliphatic heterocycles. The first-order chi connectivity index (χ1) is 14.0. The summed E-state index contributed by atoms with van der Waals surface area (Å²) in [7, 11) is 0. The maximum absolute atomic E-state index is 13.3. The number of aliphatic hydroxyl groups excluding tert-OH is 1. The van der Waals surface area contributed by atoms with Gasteiger partial charge in [0.05, 0.1) is 11.6 Å². The van der Waals surface area contributed by atoms with E-state index >= 15 is 0 Å². The predicted molar refractivity (Wildman–Crippen MR) is 105 cm³/mol. The normalized spacial score (nSPS) is 18.3. The van der Waals surface area contributed by atoms with E-state index in [4.69, 9.17) is 11.6 Å². The van der Waals surface area contributed by atoms with Gasteiger partial charge in [-0.25, -0.2) is 14.4 Å². The number of hydrogen-bond donors (Lipinski definition) is 1. The average molecular weight is 410 g/mol. The molecule has 1 amide bonds. The Morgan fingerprint density at radius 2 is 1.62 bits per heavy atom. The van der Waals surface area contributed by atoms with Crippen LogP contribution in [0.2, 0.25) is 5.02 Å². The summed E-state index contributed by atoms with van der Waals surface area (Å²) in [5, 5.41) is 11.3. The van der Waals surface area contributed by atoms with Crippen molar-refractivity contribution in [1.82, 2.24) is 9.97 Å². The average Bonchev–Trinajstić information content (AvgIpc) is 3.00. The summed E-state index contributed by atoms with van der Waals surface area (Å²) in [5.41, 5.74) is 0.596. The van der Waals surface area contributed by atoms with Crippen LogP contribution >= 0.6 is 11.6 Å². The molecule has 1 saturated heterocycles. The van der Waals surface area contributed by atoms with Gasteiger partial charge in [-0.1, -0.05) is 23.7 Å². The summed E-state index contributed by atoms with van der Waals surface area (Å²) in [4.78, 5) is 35.0. The Bertz CT molecular complexity index is 1120. The lowest BCUT2D eigenvalue weighted by Crippen LogP contribution is -2.31. The van der Waals surface area contributed by atoms with Crippen molar-refractivity contribution in [3.63, 3.8) is 0 Å². The van der Waals surface area contributed by atoms with Crippen LogP contribution in [0.1, 0.15) is 17.2 Å². The van der Waals surface area contributed by atoms with Crippen LogP contribution in [0.3, 0.4) is 0 Å². The summed E-state index contributed by atoms with van der Waals surface area (Å²) in [6, 6.07) is 12.1. The molecule has 1 aliphatic rings. The largest absolute Gasteiger partial charge is 0.507 e. The predicted octanol–water partition coefficient (Wildman–Crippen LogP) is 3.90. The SMILES string of the molecule is O=C1C(=O)N(c2ncccn2)[C@H](c2ccc(Cl)cc2)/C1=C(\O)c1ccc(F)cc1. The van der Waals surface area contributed by atoms with Gasteiger partial charge in [0.25, 0.3) is 5.78 Å². The molecule has 3 aromatic rings. The van der Waals surface area contributed by atoms with E-state index in [9.17, 15) is 19.1 Å². The third kappa shape index (κ3) is 3.36. The molecule has 0 bridgehead atoms. The second-order valence-electron chi connectivity index (χ2n) is 6.28. The van der Waals surface area contributed by atoms with Gasteiger partial charge in [0.15, 0.2) is 0 Å². The van der Waals surface area contributed by atoms with Crippen molar-refractivity contribution < 1.29 is 19.1 Å². The fourth-order valence-electron chi connectivity index (χ4n) is 3.18. The van der Waals surface area contributed by atoms with Crippen molar-refractivity contribution in [1.29, 1.82) is 0 Å². The van der Waals surface area contributed by atoms with Gasteiger partial charge in [-0.2, -0.15) is 0 Å². The molecule has 0 unspecified atom stereocenters. The molecule has 1 fully saturated rings. The lowest BCUT2D eigenvalue weighted by atomic mass is 9.95. The van der Waals surface area contributed by atoms with Crippen LogP contribution in [0.15, 0.2) is 72.6 Å². The molecule has 2 aromatic carbocycles. The van der Waals surface area contributed by atoms with Gasteiger partial charge in [0.2, 0.25) is 5.95 Å². The van der Waals surface area contributed by atoms with E-state index in [1.807, 2.05) is 0 Å². The van der Waals surface area contributed by atoms with Crippen LogP contribution in [-0.4, -0.2) is 26.8 Å². The molecule has 1 atom stereocenters. The number of carbonyl (C=O) groups is 2. The number of halogens is 2. The van der Waals surface area contributed by atoms with Crippen molar-refractivity contribution in [2.75, 3.05) is 4.90 Å². The van der Waals surface area contributed by atoms with E-state index in [0.717, 1.165) is 17.0 Å². The molecule has 8 heteroatoms. The Hall–Kier alpha value is -3.58. The molecular formula is C21H13ClFN3O3. The number of ketones is 1. The van der Waals surface area contributed by atoms with E-state index < -0.39 is 29.3 Å². The Kier molecular flexibility index (Phi) is 4.82. The van der Waals surface area contributed by atoms with Gasteiger partial charge < -0.3 is 5.11 Å². The standard InChI is InChI=1S/C21H13ClFN3O3/c22-14-6-2-12(3-7-14)17-16(18(27)13-4-8-15(23)9-5-13)19(28)20(29)26(17)21-24-10-1-11-25-21/h1-11,17,27H/b18-16+/t17-/m1/s1. The first-order valence-electron chi connectivity index (χ1n) is 8.57. The minimum absolute atomic E-state index is 0.0210. The fourth-order valence-corrected chi connectivity index (χ4v) is 3.30. The minimum Gasteiger partial charge on any atom is -0.507 e. The summed E-state index contributed by atoms with van der Waals surface area (Å²) >= 11 is 5.97. The van der Waals surface area contributed by atoms with E-state index in [1.54, 1.807) is 30.3 Å². The van der Waals surface area contributed by atoms with Crippen molar-refractivity contribution in [2.24, 2.45) is 0 Å². The monoisotopic (exact) mass is 409 g/mol. The van der Waals surface area contributed by atoms with Crippen LogP contribution in [0, 0.1) is 5.82 Å². The minimum atomic E-state index is -0.972. The number of nitrogens with zero attached hydrogens (tertiary/aromatic N) is 3. The Morgan fingerprint density at radius 3 is 2.24 bits per heavy atom. The molecule has 6 nitrogen and oxygen atoms in total. The van der Waals surface area contributed by atoms with E-state index in [2.05, 4.69) is 9.97 Å². The van der Waals surface area contributed by atoms with Gasteiger partial charge in [0, 0.05) is 23.0 Å². The topological polar surface area (TPSA) is 83.4 Å². The highest BCUT2D eigenvalue weighted by atomic mass is 35.5. The highest BCUT2D eigenvalue weighted by Gasteiger charge is 2.48. The highest BCUT2D eigenvalue weighted by Crippen LogP contribution is 2.41. The maximum atomic E-state index is 13.3. The van der Waals surface area contributed by atoms with Crippen LogP contribution in [0.5, 0.6) is 0 Å². The zero-order chi connectivity index (χ0) is 20.5. The molecule has 29 heavy (non-hydrogen) atoms. The molecule has 4 rings (SSSR count). The maximum Gasteiger partial charge on any atom is 0.302 e. The van der Waals surface area contributed by atoms with E-state index in [-0.39, 0.29) is 17.1 Å². The second-order valence-corrected chi connectivity index (χ2v) is 6.71. The van der Waals surface area contributed by atoms with Crippen LogP contribution < -0.4 is 4.90 Å². The van der Waals surface area contributed by atoms with Gasteiger partial charge in [-0.3, -0.25) is 14.5 Å². The number of aromatic nitrogens is 2. The lowest BCUT2D eigenvalue weighted by molar-refractivity contribution is -0.132. The summed E-state index contributed by atoms with van der Waals surface area (Å²) in [5.74, 6) is -2.65. The third-order valence-electron chi connectivity index (χ3n) is 4.52. The van der Waals surface area contributed by atoms with Crippen molar-refractivity contribution >= 4 is 35.0 Å². The highest BCUT2D eigenvalue weighted by molar-refractivity contribution is 6.51. The molecule has 0 spiro atoms. The zero-order valence-electron chi connectivity index (χ0n) is 14.8. The molecule has 1 aromatic heterocycles. The number of amides is 1. The van der Waals surface area contributed by atoms with Crippen molar-refractivity contribution in [2.45, 2.75) is 6.04 Å². The van der Waals surface area contributed by atoms with Crippen molar-refractivity contribution in [3.05, 3.63) is 94.5 Å². The van der Waals surface area contributed by atoms with E-state index in [1.165, 1.54) is 24.5 Å². The lowest BCUT2D eigenvalue weighted by Gasteiger charge is -2.23. The summed E-state index contributed by atoms with van der Waals surface area (Å²) in [6.45, 7) is 0. The summed E-state index contributed by atoms with van der Waals surface area (Å²) in [6.07, 6.45) is 2.89. The second kappa shape index (κ2) is 7.44. The number of benzene rings is 2. The third-order valence-corrected chi connectivity index (χ3v) is 4.77. The first kappa shape index (κ1) is 18.8. The van der Waals surface area contributed by atoms with Gasteiger partial charge in [-0.15, -0.1) is 0 Å². The molecular weight excluding hydrogens is 397 g/mol. The molecule has 2 heterocycles. The molecule has 0 radical (unpaired) electrons. The molecule has 1 N–H and O–H groups in total. The molecule has 144 valence electrons. The quantitative estimate of drug-likeness (QED) is 0.403. The number of aliphatic hydroxyl groups is 1. The number of Topliss-reactive ketones (excluding diaryl/α,β-unsaturated/α-hetero) is 1. The van der Waals surface area contributed by atoms with Crippen LogP contribution in [0.25, 0.3) is 5.76 Å². The number of carbonyl (C=O) groups excluding carboxylic acids is 2.